The van der Waals surface area contributed by atoms with Crippen LogP contribution in [0.3, 0.4) is 0 Å². The first-order valence-electron chi connectivity index (χ1n) is 6.64. The van der Waals surface area contributed by atoms with E-state index in [0.717, 1.165) is 24.3 Å². The topological polar surface area (TPSA) is 41.5 Å². The zero-order valence-corrected chi connectivity index (χ0v) is 11.4. The van der Waals surface area contributed by atoms with Crippen molar-refractivity contribution in [2.24, 2.45) is 5.92 Å². The number of hydrogen-bond acceptors (Lipinski definition) is 3. The van der Waals surface area contributed by atoms with Crippen LogP contribution >= 0.6 is 0 Å². The first-order chi connectivity index (χ1) is 8.54. The van der Waals surface area contributed by atoms with Crippen LogP contribution in [0.15, 0.2) is 24.3 Å². The summed E-state index contributed by atoms with van der Waals surface area (Å²) in [5.74, 6) is 1.45. The third kappa shape index (κ3) is 2.68. The fourth-order valence-corrected chi connectivity index (χ4v) is 2.67. The van der Waals surface area contributed by atoms with E-state index in [2.05, 4.69) is 12.2 Å². The summed E-state index contributed by atoms with van der Waals surface area (Å²) in [6.07, 6.45) is 2.19. The molecule has 1 saturated heterocycles. The first-order valence-corrected chi connectivity index (χ1v) is 6.64. The molecule has 0 radical (unpaired) electrons. The van der Waals surface area contributed by atoms with E-state index in [1.807, 2.05) is 31.2 Å². The third-order valence-corrected chi connectivity index (χ3v) is 4.00. The molecule has 18 heavy (non-hydrogen) atoms. The van der Waals surface area contributed by atoms with E-state index < -0.39 is 5.60 Å². The molecule has 0 saturated carbocycles. The molecule has 0 aromatic heterocycles. The molecule has 1 aromatic carbocycles. The normalized spacial score (nSPS) is 27.6. The molecule has 0 bridgehead atoms. The highest BCUT2D eigenvalue weighted by Crippen LogP contribution is 2.32. The molecule has 2 N–H and O–H groups in total. The van der Waals surface area contributed by atoms with Crippen LogP contribution in [0.5, 0.6) is 5.75 Å². The van der Waals surface area contributed by atoms with Gasteiger partial charge in [0.15, 0.2) is 0 Å². The van der Waals surface area contributed by atoms with Gasteiger partial charge in [-0.25, -0.2) is 0 Å². The van der Waals surface area contributed by atoms with Crippen LogP contribution in [0.4, 0.5) is 0 Å². The van der Waals surface area contributed by atoms with Crippen molar-refractivity contribution in [3.8, 4) is 5.75 Å². The van der Waals surface area contributed by atoms with Gasteiger partial charge in [0.1, 0.15) is 11.4 Å². The minimum Gasteiger partial charge on any atom is -0.497 e. The van der Waals surface area contributed by atoms with Crippen LogP contribution in [0.1, 0.15) is 32.3 Å². The number of aliphatic hydroxyl groups is 1. The van der Waals surface area contributed by atoms with E-state index in [1.54, 1.807) is 7.11 Å². The van der Waals surface area contributed by atoms with Crippen molar-refractivity contribution in [2.75, 3.05) is 13.7 Å². The molecule has 1 aliphatic rings. The van der Waals surface area contributed by atoms with Crippen LogP contribution in [0.25, 0.3) is 0 Å². The Labute approximate surface area is 109 Å². The zero-order valence-electron chi connectivity index (χ0n) is 11.4. The molecule has 1 aromatic rings. The number of piperidine rings is 1. The molecule has 1 fully saturated rings. The lowest BCUT2D eigenvalue weighted by atomic mass is 9.80. The van der Waals surface area contributed by atoms with Crippen molar-refractivity contribution >= 4 is 0 Å². The van der Waals surface area contributed by atoms with Crippen LogP contribution in [0, 0.1) is 5.92 Å². The van der Waals surface area contributed by atoms with Crippen molar-refractivity contribution < 1.29 is 9.84 Å². The maximum absolute atomic E-state index is 10.8. The van der Waals surface area contributed by atoms with E-state index >= 15 is 0 Å². The second-order valence-electron chi connectivity index (χ2n) is 5.52. The summed E-state index contributed by atoms with van der Waals surface area (Å²) < 4.78 is 5.23. The van der Waals surface area contributed by atoms with E-state index in [1.165, 1.54) is 6.42 Å². The fourth-order valence-electron chi connectivity index (χ4n) is 2.67. The summed E-state index contributed by atoms with van der Waals surface area (Å²) in [6.45, 7) is 5.11. The Hall–Kier alpha value is -1.06. The van der Waals surface area contributed by atoms with Crippen molar-refractivity contribution in [1.29, 1.82) is 0 Å². The van der Waals surface area contributed by atoms with Crippen molar-refractivity contribution in [3.63, 3.8) is 0 Å². The largest absolute Gasteiger partial charge is 0.497 e. The lowest BCUT2D eigenvalue weighted by Gasteiger charge is -2.39. The van der Waals surface area contributed by atoms with E-state index in [-0.39, 0.29) is 6.04 Å². The van der Waals surface area contributed by atoms with Crippen molar-refractivity contribution in [3.05, 3.63) is 29.8 Å². The molecule has 3 nitrogen and oxygen atoms in total. The number of ether oxygens (including phenoxy) is 1. The highest BCUT2D eigenvalue weighted by atomic mass is 16.5. The summed E-state index contributed by atoms with van der Waals surface area (Å²) in [5, 5.41) is 14.3. The number of benzene rings is 1. The van der Waals surface area contributed by atoms with Crippen LogP contribution < -0.4 is 10.1 Å². The Morgan fingerprint density at radius 3 is 2.89 bits per heavy atom. The molecule has 2 rings (SSSR count). The molecular formula is C15H23NO2. The first kappa shape index (κ1) is 13.4. The van der Waals surface area contributed by atoms with E-state index in [4.69, 9.17) is 4.74 Å². The quantitative estimate of drug-likeness (QED) is 0.863. The number of hydrogen-bond donors (Lipinski definition) is 2. The molecule has 3 heteroatoms. The standard InChI is InChI=1S/C15H23NO2/c1-11-7-8-16-14(9-11)15(2,17)12-5-4-6-13(10-12)18-3/h4-6,10-11,14,16-17H,7-9H2,1-3H3. The van der Waals surface area contributed by atoms with Gasteiger partial charge in [0.25, 0.3) is 0 Å². The second kappa shape index (κ2) is 5.29. The number of rotatable bonds is 3. The fraction of sp³-hybridized carbons (Fsp3) is 0.600. The van der Waals surface area contributed by atoms with Gasteiger partial charge in [-0.1, -0.05) is 19.1 Å². The van der Waals surface area contributed by atoms with Crippen LogP contribution in [-0.2, 0) is 5.60 Å². The van der Waals surface area contributed by atoms with Gasteiger partial charge in [-0.2, -0.15) is 0 Å². The summed E-state index contributed by atoms with van der Waals surface area (Å²) >= 11 is 0. The number of nitrogens with one attached hydrogen (secondary N) is 1. The SMILES string of the molecule is COc1cccc(C(C)(O)C2CC(C)CCN2)c1. The van der Waals surface area contributed by atoms with Gasteiger partial charge in [-0.15, -0.1) is 0 Å². The Morgan fingerprint density at radius 1 is 1.44 bits per heavy atom. The highest BCUT2D eigenvalue weighted by Gasteiger charge is 2.36. The Kier molecular flexibility index (Phi) is 3.93. The van der Waals surface area contributed by atoms with Crippen LogP contribution in [-0.4, -0.2) is 24.8 Å². The molecular weight excluding hydrogens is 226 g/mol. The molecule has 3 atom stereocenters. The Balaban J connectivity index is 2.22. The van der Waals surface area contributed by atoms with Gasteiger partial charge >= 0.3 is 0 Å². The average molecular weight is 249 g/mol. The highest BCUT2D eigenvalue weighted by molar-refractivity contribution is 5.33. The molecule has 3 unspecified atom stereocenters. The molecule has 0 amide bonds. The summed E-state index contributed by atoms with van der Waals surface area (Å²) in [6, 6.07) is 7.81. The zero-order chi connectivity index (χ0) is 13.2. The Morgan fingerprint density at radius 2 is 2.22 bits per heavy atom. The van der Waals surface area contributed by atoms with Gasteiger partial charge in [-0.3, -0.25) is 0 Å². The maximum atomic E-state index is 10.8. The molecule has 1 aliphatic heterocycles. The smallest absolute Gasteiger partial charge is 0.119 e. The maximum Gasteiger partial charge on any atom is 0.119 e. The van der Waals surface area contributed by atoms with Crippen molar-refractivity contribution in [2.45, 2.75) is 38.3 Å². The van der Waals surface area contributed by atoms with Gasteiger partial charge < -0.3 is 15.2 Å². The molecule has 100 valence electrons. The third-order valence-electron chi connectivity index (χ3n) is 4.00. The summed E-state index contributed by atoms with van der Waals surface area (Å²) in [4.78, 5) is 0. The number of methoxy groups -OCH3 is 1. The lowest BCUT2D eigenvalue weighted by molar-refractivity contribution is -0.00155. The average Bonchev–Trinajstić information content (AvgIpc) is 2.39. The van der Waals surface area contributed by atoms with Gasteiger partial charge in [0.05, 0.1) is 7.11 Å². The monoisotopic (exact) mass is 249 g/mol. The van der Waals surface area contributed by atoms with E-state index in [9.17, 15) is 5.11 Å². The second-order valence-corrected chi connectivity index (χ2v) is 5.52. The minimum atomic E-state index is -0.858. The summed E-state index contributed by atoms with van der Waals surface area (Å²) in [5.41, 5.74) is 0.0527. The minimum absolute atomic E-state index is 0.105. The molecule has 0 aliphatic carbocycles. The predicted octanol–water partition coefficient (Wildman–Crippen LogP) is 2.29. The van der Waals surface area contributed by atoms with E-state index in [0.29, 0.717) is 5.92 Å². The van der Waals surface area contributed by atoms with Gasteiger partial charge in [-0.05, 0) is 49.9 Å². The van der Waals surface area contributed by atoms with Gasteiger partial charge in [0, 0.05) is 6.04 Å². The van der Waals surface area contributed by atoms with Gasteiger partial charge in [0.2, 0.25) is 0 Å². The summed E-state index contributed by atoms with van der Waals surface area (Å²) in [7, 11) is 1.65. The molecule has 0 spiro atoms. The molecule has 1 heterocycles. The Bertz CT molecular complexity index is 403. The van der Waals surface area contributed by atoms with Crippen molar-refractivity contribution in [1.82, 2.24) is 5.32 Å². The van der Waals surface area contributed by atoms with Crippen LogP contribution in [0.2, 0.25) is 0 Å². The lowest BCUT2D eigenvalue weighted by Crippen LogP contribution is -2.50. The predicted molar refractivity (Wildman–Crippen MR) is 72.8 cm³/mol.